The summed E-state index contributed by atoms with van der Waals surface area (Å²) in [5.74, 6) is -0.0107. The van der Waals surface area contributed by atoms with Crippen LogP contribution in [0.3, 0.4) is 0 Å². The van der Waals surface area contributed by atoms with Gasteiger partial charge in [-0.05, 0) is 44.5 Å². The van der Waals surface area contributed by atoms with Crippen LogP contribution in [0.2, 0.25) is 0 Å². The van der Waals surface area contributed by atoms with Gasteiger partial charge >= 0.3 is 5.97 Å². The monoisotopic (exact) mass is 251 g/mol. The van der Waals surface area contributed by atoms with Crippen molar-refractivity contribution in [1.82, 2.24) is 5.32 Å². The van der Waals surface area contributed by atoms with E-state index < -0.39 is 0 Å². The van der Waals surface area contributed by atoms with Gasteiger partial charge in [0.2, 0.25) is 0 Å². The smallest absolute Gasteiger partial charge is 0.323 e. The van der Waals surface area contributed by atoms with E-state index >= 15 is 0 Å². The van der Waals surface area contributed by atoms with E-state index in [-0.39, 0.29) is 23.9 Å². The van der Waals surface area contributed by atoms with E-state index in [1.807, 2.05) is 32.9 Å². The molecule has 2 N–H and O–H groups in total. The quantitative estimate of drug-likeness (QED) is 0.758. The highest BCUT2D eigenvalue weighted by atomic mass is 16.5. The summed E-state index contributed by atoms with van der Waals surface area (Å²) >= 11 is 0. The maximum atomic E-state index is 11.9. The van der Waals surface area contributed by atoms with Gasteiger partial charge in [-0.2, -0.15) is 0 Å². The van der Waals surface area contributed by atoms with Crippen molar-refractivity contribution in [2.75, 3.05) is 6.54 Å². The summed E-state index contributed by atoms with van der Waals surface area (Å²) in [5.41, 5.74) is 0.986. The molecule has 1 rings (SSSR count). The van der Waals surface area contributed by atoms with Gasteiger partial charge in [-0.15, -0.1) is 0 Å². The Kier molecular flexibility index (Phi) is 5.65. The third-order valence-corrected chi connectivity index (χ3v) is 2.46. The first-order valence-corrected chi connectivity index (χ1v) is 6.24. The lowest BCUT2D eigenvalue weighted by atomic mass is 10.1. The van der Waals surface area contributed by atoms with Crippen LogP contribution in [-0.2, 0) is 16.0 Å². The molecule has 0 aromatic heterocycles. The van der Waals surface area contributed by atoms with Crippen molar-refractivity contribution in [1.29, 1.82) is 0 Å². The highest BCUT2D eigenvalue weighted by molar-refractivity contribution is 5.76. The summed E-state index contributed by atoms with van der Waals surface area (Å²) in [7, 11) is 0. The molecule has 0 fully saturated rings. The molecule has 100 valence electrons. The van der Waals surface area contributed by atoms with Crippen LogP contribution < -0.4 is 5.32 Å². The van der Waals surface area contributed by atoms with E-state index in [0.717, 1.165) is 5.56 Å². The number of carbonyl (C=O) groups is 1. The summed E-state index contributed by atoms with van der Waals surface area (Å²) in [6.45, 7) is 6.32. The summed E-state index contributed by atoms with van der Waals surface area (Å²) in [6, 6.07) is 6.50. The molecule has 0 aliphatic rings. The molecule has 0 unspecified atom stereocenters. The zero-order chi connectivity index (χ0) is 13.5. The SMILES string of the molecule is CCN[C@H](Cc1ccc(O)cc1)C(=O)OC(C)C. The third kappa shape index (κ3) is 4.75. The third-order valence-electron chi connectivity index (χ3n) is 2.46. The first-order valence-electron chi connectivity index (χ1n) is 6.24. The topological polar surface area (TPSA) is 58.6 Å². The maximum absolute atomic E-state index is 11.9. The second-order valence-corrected chi connectivity index (χ2v) is 4.47. The molecule has 0 bridgehead atoms. The first-order chi connectivity index (χ1) is 8.52. The molecule has 0 saturated heterocycles. The van der Waals surface area contributed by atoms with Crippen LogP contribution in [0.5, 0.6) is 5.75 Å². The van der Waals surface area contributed by atoms with E-state index in [1.165, 1.54) is 0 Å². The second kappa shape index (κ2) is 7.01. The van der Waals surface area contributed by atoms with Crippen LogP contribution in [0, 0.1) is 0 Å². The standard InChI is InChI=1S/C14H21NO3/c1-4-15-13(14(17)18-10(2)3)9-11-5-7-12(16)8-6-11/h5-8,10,13,15-16H,4,9H2,1-3H3/t13-/m1/s1. The number of ether oxygens (including phenoxy) is 1. The summed E-state index contributed by atoms with van der Waals surface area (Å²) in [6.07, 6.45) is 0.443. The van der Waals surface area contributed by atoms with Crippen molar-refractivity contribution in [2.24, 2.45) is 0 Å². The van der Waals surface area contributed by atoms with Crippen LogP contribution in [-0.4, -0.2) is 29.8 Å². The summed E-state index contributed by atoms with van der Waals surface area (Å²) in [4.78, 5) is 11.9. The Morgan fingerprint density at radius 1 is 1.33 bits per heavy atom. The molecule has 1 aromatic rings. The second-order valence-electron chi connectivity index (χ2n) is 4.47. The fourth-order valence-electron chi connectivity index (χ4n) is 1.67. The first kappa shape index (κ1) is 14.5. The normalized spacial score (nSPS) is 12.4. The number of phenols is 1. The van der Waals surface area contributed by atoms with Gasteiger partial charge < -0.3 is 15.2 Å². The van der Waals surface area contributed by atoms with Crippen molar-refractivity contribution in [2.45, 2.75) is 39.3 Å². The van der Waals surface area contributed by atoms with Crippen LogP contribution in [0.4, 0.5) is 0 Å². The predicted octanol–water partition coefficient (Wildman–Crippen LogP) is 1.86. The minimum absolute atomic E-state index is 0.113. The minimum atomic E-state index is -0.345. The maximum Gasteiger partial charge on any atom is 0.323 e. The molecule has 18 heavy (non-hydrogen) atoms. The van der Waals surface area contributed by atoms with Gasteiger partial charge in [0.25, 0.3) is 0 Å². The molecular weight excluding hydrogens is 230 g/mol. The number of hydrogen-bond acceptors (Lipinski definition) is 4. The lowest BCUT2D eigenvalue weighted by molar-refractivity contribution is -0.149. The van der Waals surface area contributed by atoms with Gasteiger partial charge in [-0.3, -0.25) is 4.79 Å². The zero-order valence-corrected chi connectivity index (χ0v) is 11.1. The van der Waals surface area contributed by atoms with Crippen LogP contribution in [0.25, 0.3) is 0 Å². The van der Waals surface area contributed by atoms with E-state index in [2.05, 4.69) is 5.32 Å². The molecule has 1 aromatic carbocycles. The van der Waals surface area contributed by atoms with Crippen molar-refractivity contribution in [3.05, 3.63) is 29.8 Å². The van der Waals surface area contributed by atoms with Gasteiger partial charge in [0.05, 0.1) is 6.10 Å². The van der Waals surface area contributed by atoms with Crippen molar-refractivity contribution in [3.8, 4) is 5.75 Å². The van der Waals surface area contributed by atoms with E-state index in [9.17, 15) is 9.90 Å². The minimum Gasteiger partial charge on any atom is -0.508 e. The lowest BCUT2D eigenvalue weighted by Crippen LogP contribution is -2.40. The Bertz CT molecular complexity index is 373. The lowest BCUT2D eigenvalue weighted by Gasteiger charge is -2.18. The number of esters is 1. The van der Waals surface area contributed by atoms with Crippen LogP contribution in [0.15, 0.2) is 24.3 Å². The van der Waals surface area contributed by atoms with Crippen molar-refractivity contribution >= 4 is 5.97 Å². The van der Waals surface area contributed by atoms with Crippen LogP contribution >= 0.6 is 0 Å². The van der Waals surface area contributed by atoms with Crippen molar-refractivity contribution in [3.63, 3.8) is 0 Å². The number of phenolic OH excluding ortho intramolecular Hbond substituents is 1. The van der Waals surface area contributed by atoms with E-state index in [0.29, 0.717) is 13.0 Å². The van der Waals surface area contributed by atoms with Gasteiger partial charge in [-0.25, -0.2) is 0 Å². The number of aromatic hydroxyl groups is 1. The van der Waals surface area contributed by atoms with Gasteiger partial charge in [-0.1, -0.05) is 19.1 Å². The highest BCUT2D eigenvalue weighted by Gasteiger charge is 2.20. The molecule has 4 nitrogen and oxygen atoms in total. The number of benzene rings is 1. The van der Waals surface area contributed by atoms with Crippen molar-refractivity contribution < 1.29 is 14.6 Å². The van der Waals surface area contributed by atoms with E-state index in [1.54, 1.807) is 12.1 Å². The molecular formula is C14H21NO3. The number of carbonyl (C=O) groups excluding carboxylic acids is 1. The largest absolute Gasteiger partial charge is 0.508 e. The number of likely N-dealkylation sites (N-methyl/N-ethyl adjacent to an activating group) is 1. The van der Waals surface area contributed by atoms with E-state index in [4.69, 9.17) is 4.74 Å². The Morgan fingerprint density at radius 3 is 2.44 bits per heavy atom. The molecule has 0 radical (unpaired) electrons. The Hall–Kier alpha value is -1.55. The fraction of sp³-hybridized carbons (Fsp3) is 0.500. The zero-order valence-electron chi connectivity index (χ0n) is 11.1. The molecule has 0 aliphatic carbocycles. The Morgan fingerprint density at radius 2 is 1.94 bits per heavy atom. The molecule has 1 atom stereocenters. The van der Waals surface area contributed by atoms with Gasteiger partial charge in [0.15, 0.2) is 0 Å². The summed E-state index contributed by atoms with van der Waals surface area (Å²) in [5, 5.41) is 12.3. The van der Waals surface area contributed by atoms with Gasteiger partial charge in [0.1, 0.15) is 11.8 Å². The Labute approximate surface area is 108 Å². The summed E-state index contributed by atoms with van der Waals surface area (Å²) < 4.78 is 5.21. The molecule has 0 amide bonds. The molecule has 0 saturated carbocycles. The highest BCUT2D eigenvalue weighted by Crippen LogP contribution is 2.12. The van der Waals surface area contributed by atoms with Gasteiger partial charge in [0, 0.05) is 0 Å². The Balaban J connectivity index is 2.67. The molecule has 0 spiro atoms. The fourth-order valence-corrected chi connectivity index (χ4v) is 1.67. The average Bonchev–Trinajstić information content (AvgIpc) is 2.30. The molecule has 0 heterocycles. The number of rotatable bonds is 6. The molecule has 0 aliphatic heterocycles. The molecule has 4 heteroatoms. The number of nitrogens with one attached hydrogen (secondary N) is 1. The average molecular weight is 251 g/mol. The predicted molar refractivity (Wildman–Crippen MR) is 70.5 cm³/mol. The number of hydrogen-bond donors (Lipinski definition) is 2. The van der Waals surface area contributed by atoms with Crippen LogP contribution in [0.1, 0.15) is 26.3 Å².